The van der Waals surface area contributed by atoms with E-state index in [-0.39, 0.29) is 12.1 Å². The smallest absolute Gasteiger partial charge is 0.319 e. The lowest BCUT2D eigenvalue weighted by Crippen LogP contribution is -2.54. The fourth-order valence-electron chi connectivity index (χ4n) is 2.74. The van der Waals surface area contributed by atoms with Crippen LogP contribution >= 0.6 is 0 Å². The fraction of sp³-hybridized carbons (Fsp3) is 0.579. The van der Waals surface area contributed by atoms with E-state index >= 15 is 0 Å². The first kappa shape index (κ1) is 19.9. The van der Waals surface area contributed by atoms with Gasteiger partial charge in [0.15, 0.2) is 0 Å². The Hall–Kier alpha value is -2.44. The van der Waals surface area contributed by atoms with Crippen LogP contribution in [-0.2, 0) is 0 Å². The second-order valence-electron chi connectivity index (χ2n) is 6.75. The number of hydrogen-bond donors (Lipinski definition) is 1. The maximum atomic E-state index is 12.2. The number of carbonyl (C=O) groups excluding carboxylic acids is 2. The Bertz CT molecular complexity index is 581. The van der Waals surface area contributed by atoms with Gasteiger partial charge in [0.25, 0.3) is 0 Å². The van der Waals surface area contributed by atoms with Gasteiger partial charge in [-0.25, -0.2) is 9.59 Å². The van der Waals surface area contributed by atoms with Gasteiger partial charge in [0.2, 0.25) is 0 Å². The standard InChI is InChI=1S/C19H30N4O3/c1-16-6-8-17(9-7-16)26-15-5-4-10-20-18(24)22-11-13-23(14-12-22)19(25)21(2)3/h6-9H,4-5,10-15H2,1-3H3,(H,20,24). The number of amides is 4. The Morgan fingerprint density at radius 2 is 1.65 bits per heavy atom. The van der Waals surface area contributed by atoms with Gasteiger partial charge >= 0.3 is 12.1 Å². The molecule has 2 rings (SSSR count). The van der Waals surface area contributed by atoms with Crippen molar-refractivity contribution in [3.63, 3.8) is 0 Å². The van der Waals surface area contributed by atoms with Crippen LogP contribution in [-0.4, -0.2) is 80.2 Å². The molecule has 0 aromatic heterocycles. The van der Waals surface area contributed by atoms with E-state index in [1.807, 2.05) is 31.2 Å². The summed E-state index contributed by atoms with van der Waals surface area (Å²) in [6.07, 6.45) is 1.76. The summed E-state index contributed by atoms with van der Waals surface area (Å²) in [7, 11) is 3.48. The van der Waals surface area contributed by atoms with Crippen molar-refractivity contribution in [2.75, 3.05) is 53.4 Å². The highest BCUT2D eigenvalue weighted by Gasteiger charge is 2.24. The zero-order valence-electron chi connectivity index (χ0n) is 16.0. The molecule has 0 radical (unpaired) electrons. The lowest BCUT2D eigenvalue weighted by Gasteiger charge is -2.35. The maximum absolute atomic E-state index is 12.2. The Morgan fingerprint density at radius 1 is 1.04 bits per heavy atom. The first-order chi connectivity index (χ1) is 12.5. The SMILES string of the molecule is Cc1ccc(OCCCCNC(=O)N2CCN(C(=O)N(C)C)CC2)cc1. The van der Waals surface area contributed by atoms with Crippen LogP contribution in [0.25, 0.3) is 0 Å². The Morgan fingerprint density at radius 3 is 2.27 bits per heavy atom. The van der Waals surface area contributed by atoms with Crippen LogP contribution in [0.2, 0.25) is 0 Å². The molecule has 7 nitrogen and oxygen atoms in total. The van der Waals surface area contributed by atoms with Gasteiger partial charge in [-0.15, -0.1) is 0 Å². The molecule has 1 N–H and O–H groups in total. The number of rotatable bonds is 6. The van der Waals surface area contributed by atoms with Crippen LogP contribution in [0.1, 0.15) is 18.4 Å². The molecule has 0 spiro atoms. The summed E-state index contributed by atoms with van der Waals surface area (Å²) in [6.45, 7) is 5.62. The molecule has 7 heteroatoms. The summed E-state index contributed by atoms with van der Waals surface area (Å²) in [6, 6.07) is 7.94. The molecule has 1 saturated heterocycles. The summed E-state index contributed by atoms with van der Waals surface area (Å²) in [5.41, 5.74) is 1.21. The van der Waals surface area contributed by atoms with Crippen molar-refractivity contribution in [1.82, 2.24) is 20.0 Å². The maximum Gasteiger partial charge on any atom is 0.319 e. The summed E-state index contributed by atoms with van der Waals surface area (Å²) in [5.74, 6) is 0.879. The molecule has 0 atom stereocenters. The highest BCUT2D eigenvalue weighted by Crippen LogP contribution is 2.11. The number of hydrogen-bond acceptors (Lipinski definition) is 3. The lowest BCUT2D eigenvalue weighted by atomic mass is 10.2. The third-order valence-electron chi connectivity index (χ3n) is 4.36. The van der Waals surface area contributed by atoms with Crippen LogP contribution in [0.4, 0.5) is 9.59 Å². The number of nitrogens with zero attached hydrogens (tertiary/aromatic N) is 3. The van der Waals surface area contributed by atoms with Crippen molar-refractivity contribution in [2.45, 2.75) is 19.8 Å². The molecule has 1 aliphatic heterocycles. The average Bonchev–Trinajstić information content (AvgIpc) is 2.65. The largest absolute Gasteiger partial charge is 0.494 e. The predicted octanol–water partition coefficient (Wildman–Crippen LogP) is 2.16. The number of carbonyl (C=O) groups is 2. The number of nitrogens with one attached hydrogen (secondary N) is 1. The highest BCUT2D eigenvalue weighted by molar-refractivity contribution is 5.76. The molecule has 144 valence electrons. The van der Waals surface area contributed by atoms with Gasteiger partial charge in [-0.1, -0.05) is 17.7 Å². The van der Waals surface area contributed by atoms with Gasteiger partial charge < -0.3 is 24.8 Å². The van der Waals surface area contributed by atoms with E-state index in [1.165, 1.54) is 5.56 Å². The van der Waals surface area contributed by atoms with Crippen LogP contribution < -0.4 is 10.1 Å². The number of benzene rings is 1. The summed E-state index contributed by atoms with van der Waals surface area (Å²) < 4.78 is 5.67. The zero-order valence-corrected chi connectivity index (χ0v) is 16.0. The molecular formula is C19H30N4O3. The minimum atomic E-state index is -0.0543. The van der Waals surface area contributed by atoms with Crippen molar-refractivity contribution >= 4 is 12.1 Å². The molecule has 1 heterocycles. The molecule has 0 saturated carbocycles. The third kappa shape index (κ3) is 6.13. The Kier molecular flexibility index (Phi) is 7.56. The van der Waals surface area contributed by atoms with Crippen molar-refractivity contribution in [3.8, 4) is 5.75 Å². The Labute approximate surface area is 155 Å². The summed E-state index contributed by atoms with van der Waals surface area (Å²) in [4.78, 5) is 29.2. The number of ether oxygens (including phenoxy) is 1. The third-order valence-corrected chi connectivity index (χ3v) is 4.36. The lowest BCUT2D eigenvalue weighted by molar-refractivity contribution is 0.129. The van der Waals surface area contributed by atoms with Crippen LogP contribution in [0, 0.1) is 6.92 Å². The number of aryl methyl sites for hydroxylation is 1. The first-order valence-corrected chi connectivity index (χ1v) is 9.16. The van der Waals surface area contributed by atoms with E-state index in [0.29, 0.717) is 39.3 Å². The van der Waals surface area contributed by atoms with Gasteiger partial charge in [-0.2, -0.15) is 0 Å². The quantitative estimate of drug-likeness (QED) is 0.789. The van der Waals surface area contributed by atoms with E-state index in [0.717, 1.165) is 18.6 Å². The van der Waals surface area contributed by atoms with E-state index in [4.69, 9.17) is 4.74 Å². The predicted molar refractivity (Wildman–Crippen MR) is 102 cm³/mol. The Balaban J connectivity index is 1.55. The molecule has 1 fully saturated rings. The van der Waals surface area contributed by atoms with Crippen molar-refractivity contribution in [2.24, 2.45) is 0 Å². The number of piperazine rings is 1. The molecule has 0 bridgehead atoms. The zero-order chi connectivity index (χ0) is 18.9. The molecule has 0 aliphatic carbocycles. The molecule has 1 aromatic rings. The van der Waals surface area contributed by atoms with Gasteiger partial charge in [0.05, 0.1) is 6.61 Å². The second kappa shape index (κ2) is 9.89. The molecular weight excluding hydrogens is 332 g/mol. The van der Waals surface area contributed by atoms with E-state index < -0.39 is 0 Å². The van der Waals surface area contributed by atoms with E-state index in [2.05, 4.69) is 5.32 Å². The highest BCUT2D eigenvalue weighted by atomic mass is 16.5. The molecule has 1 aliphatic rings. The van der Waals surface area contributed by atoms with E-state index in [1.54, 1.807) is 28.8 Å². The molecule has 4 amide bonds. The van der Waals surface area contributed by atoms with Crippen LogP contribution in [0.15, 0.2) is 24.3 Å². The van der Waals surface area contributed by atoms with Gasteiger partial charge in [-0.05, 0) is 31.9 Å². The topological polar surface area (TPSA) is 65.1 Å². The minimum absolute atomic E-state index is 0.00126. The normalized spacial score (nSPS) is 14.1. The van der Waals surface area contributed by atoms with Gasteiger partial charge in [-0.3, -0.25) is 0 Å². The first-order valence-electron chi connectivity index (χ1n) is 9.16. The summed E-state index contributed by atoms with van der Waals surface area (Å²) >= 11 is 0. The fourth-order valence-corrected chi connectivity index (χ4v) is 2.74. The molecule has 26 heavy (non-hydrogen) atoms. The minimum Gasteiger partial charge on any atom is -0.494 e. The van der Waals surface area contributed by atoms with Crippen molar-refractivity contribution < 1.29 is 14.3 Å². The molecule has 0 unspecified atom stereocenters. The van der Waals surface area contributed by atoms with Crippen LogP contribution in [0.5, 0.6) is 5.75 Å². The molecule has 1 aromatic carbocycles. The second-order valence-corrected chi connectivity index (χ2v) is 6.75. The average molecular weight is 362 g/mol. The van der Waals surface area contributed by atoms with Crippen molar-refractivity contribution in [3.05, 3.63) is 29.8 Å². The monoisotopic (exact) mass is 362 g/mol. The summed E-state index contributed by atoms with van der Waals surface area (Å²) in [5, 5.41) is 2.94. The number of urea groups is 2. The number of unbranched alkanes of at least 4 members (excludes halogenated alkanes) is 1. The van der Waals surface area contributed by atoms with Crippen molar-refractivity contribution in [1.29, 1.82) is 0 Å². The van der Waals surface area contributed by atoms with E-state index in [9.17, 15) is 9.59 Å². The van der Waals surface area contributed by atoms with Crippen LogP contribution in [0.3, 0.4) is 0 Å². The van der Waals surface area contributed by atoms with Gasteiger partial charge in [0, 0.05) is 46.8 Å². The van der Waals surface area contributed by atoms with Gasteiger partial charge in [0.1, 0.15) is 5.75 Å².